The van der Waals surface area contributed by atoms with Gasteiger partial charge in [0.15, 0.2) is 0 Å². The molecule has 2 saturated heterocycles. The number of β-amino-alcohol motifs (C(OH)–C–C–N with tert-alkyl or cyclic N) is 1. The maximum Gasteiger partial charge on any atom is 0.237 e. The van der Waals surface area contributed by atoms with E-state index in [1.54, 1.807) is 7.05 Å². The van der Waals surface area contributed by atoms with Gasteiger partial charge in [-0.3, -0.25) is 14.5 Å². The topological polar surface area (TPSA) is 72.9 Å². The molecule has 2 atom stereocenters. The number of piperidine rings is 1. The van der Waals surface area contributed by atoms with Crippen LogP contribution in [0.15, 0.2) is 30.3 Å². The second kappa shape index (κ2) is 9.33. The number of hydrogen-bond acceptors (Lipinski definition) is 4. The summed E-state index contributed by atoms with van der Waals surface area (Å²) in [6.45, 7) is 2.03. The summed E-state index contributed by atoms with van der Waals surface area (Å²) in [6.07, 6.45) is 4.18. The number of aryl methyl sites for hydroxylation is 1. The molecule has 0 bridgehead atoms. The van der Waals surface area contributed by atoms with E-state index in [9.17, 15) is 14.7 Å². The van der Waals surface area contributed by atoms with Crippen LogP contribution in [0.5, 0.6) is 0 Å². The van der Waals surface area contributed by atoms with E-state index in [0.29, 0.717) is 19.4 Å². The molecule has 6 nitrogen and oxygen atoms in total. The number of amides is 2. The lowest BCUT2D eigenvalue weighted by Crippen LogP contribution is -2.51. The molecule has 2 aliphatic rings. The Kier molecular flexibility index (Phi) is 6.85. The lowest BCUT2D eigenvalue weighted by atomic mass is 10.0. The molecule has 2 N–H and O–H groups in total. The van der Waals surface area contributed by atoms with Gasteiger partial charge in [0.2, 0.25) is 11.8 Å². The lowest BCUT2D eigenvalue weighted by molar-refractivity contribution is -0.134. The zero-order valence-corrected chi connectivity index (χ0v) is 16.1. The number of hydrogen-bond donors (Lipinski definition) is 2. The van der Waals surface area contributed by atoms with Gasteiger partial charge < -0.3 is 15.3 Å². The standard InChI is InChI=1S/C21H31N3O3/c1-22-21(27)19-14-18(25)15-24(19)17-10-12-23(13-11-17)20(26)9-5-8-16-6-3-2-4-7-16/h2-4,6-7,17-19,25H,5,8-15H2,1H3,(H,22,27)/t18-,19+/m1/s1. The van der Waals surface area contributed by atoms with Gasteiger partial charge in [-0.2, -0.15) is 0 Å². The molecule has 0 aliphatic carbocycles. The van der Waals surface area contributed by atoms with Gasteiger partial charge in [-0.1, -0.05) is 30.3 Å². The summed E-state index contributed by atoms with van der Waals surface area (Å²) < 4.78 is 0. The zero-order chi connectivity index (χ0) is 19.2. The molecule has 0 radical (unpaired) electrons. The molecule has 1 aromatic carbocycles. The van der Waals surface area contributed by atoms with Gasteiger partial charge in [0.05, 0.1) is 12.1 Å². The van der Waals surface area contributed by atoms with Crippen molar-refractivity contribution in [3.8, 4) is 0 Å². The van der Waals surface area contributed by atoms with Crippen LogP contribution in [0.2, 0.25) is 0 Å². The molecular weight excluding hydrogens is 342 g/mol. The first-order valence-electron chi connectivity index (χ1n) is 10.1. The Hall–Kier alpha value is -1.92. The zero-order valence-electron chi connectivity index (χ0n) is 16.1. The van der Waals surface area contributed by atoms with Crippen LogP contribution in [-0.4, -0.2) is 71.6 Å². The summed E-state index contributed by atoms with van der Waals surface area (Å²) in [6, 6.07) is 10.3. The summed E-state index contributed by atoms with van der Waals surface area (Å²) in [5.41, 5.74) is 1.27. The maximum absolute atomic E-state index is 12.5. The Morgan fingerprint density at radius 2 is 1.89 bits per heavy atom. The minimum atomic E-state index is -0.440. The highest BCUT2D eigenvalue weighted by Crippen LogP contribution is 2.27. The Balaban J connectivity index is 1.44. The van der Waals surface area contributed by atoms with Crippen molar-refractivity contribution < 1.29 is 14.7 Å². The maximum atomic E-state index is 12.5. The first-order chi connectivity index (χ1) is 13.1. The van der Waals surface area contributed by atoms with Gasteiger partial charge in [0.25, 0.3) is 0 Å². The smallest absolute Gasteiger partial charge is 0.237 e. The number of nitrogens with one attached hydrogen (secondary N) is 1. The van der Waals surface area contributed by atoms with E-state index in [4.69, 9.17) is 0 Å². The fraction of sp³-hybridized carbons (Fsp3) is 0.619. The molecule has 2 aliphatic heterocycles. The molecule has 2 heterocycles. The molecule has 2 fully saturated rings. The van der Waals surface area contributed by atoms with Crippen LogP contribution in [0.1, 0.15) is 37.7 Å². The van der Waals surface area contributed by atoms with E-state index in [0.717, 1.165) is 38.8 Å². The molecule has 0 unspecified atom stereocenters. The Morgan fingerprint density at radius 1 is 1.19 bits per heavy atom. The van der Waals surface area contributed by atoms with Crippen LogP contribution in [0.3, 0.4) is 0 Å². The molecule has 6 heteroatoms. The number of aliphatic hydroxyl groups is 1. The van der Waals surface area contributed by atoms with Crippen LogP contribution < -0.4 is 5.32 Å². The largest absolute Gasteiger partial charge is 0.392 e. The number of likely N-dealkylation sites (N-methyl/N-ethyl adjacent to an activating group) is 1. The molecule has 2 amide bonds. The summed E-state index contributed by atoms with van der Waals surface area (Å²) >= 11 is 0. The van der Waals surface area contributed by atoms with Crippen molar-refractivity contribution in [1.82, 2.24) is 15.1 Å². The highest BCUT2D eigenvalue weighted by molar-refractivity contribution is 5.82. The van der Waals surface area contributed by atoms with Crippen molar-refractivity contribution in [3.05, 3.63) is 35.9 Å². The van der Waals surface area contributed by atoms with E-state index >= 15 is 0 Å². The van der Waals surface area contributed by atoms with E-state index in [2.05, 4.69) is 22.3 Å². The number of benzene rings is 1. The van der Waals surface area contributed by atoms with Crippen LogP contribution >= 0.6 is 0 Å². The highest BCUT2D eigenvalue weighted by Gasteiger charge is 2.40. The lowest BCUT2D eigenvalue weighted by Gasteiger charge is -2.38. The van der Waals surface area contributed by atoms with Gasteiger partial charge >= 0.3 is 0 Å². The minimum Gasteiger partial charge on any atom is -0.392 e. The summed E-state index contributed by atoms with van der Waals surface area (Å²) in [4.78, 5) is 28.7. The molecule has 1 aromatic rings. The predicted octanol–water partition coefficient (Wildman–Crippen LogP) is 1.18. The normalized spacial score (nSPS) is 24.1. The second-order valence-corrected chi connectivity index (χ2v) is 7.67. The Morgan fingerprint density at radius 3 is 2.56 bits per heavy atom. The van der Waals surface area contributed by atoms with Crippen molar-refractivity contribution in [2.45, 2.75) is 56.7 Å². The van der Waals surface area contributed by atoms with E-state index in [1.165, 1.54) is 5.56 Å². The average molecular weight is 373 g/mol. The first-order valence-corrected chi connectivity index (χ1v) is 10.1. The third kappa shape index (κ3) is 5.08. The molecule has 27 heavy (non-hydrogen) atoms. The molecule has 0 aromatic heterocycles. The van der Waals surface area contributed by atoms with Gasteiger partial charge in [0, 0.05) is 39.1 Å². The summed E-state index contributed by atoms with van der Waals surface area (Å²) in [7, 11) is 1.64. The summed E-state index contributed by atoms with van der Waals surface area (Å²) in [5.74, 6) is 0.208. The molecule has 3 rings (SSSR count). The van der Waals surface area contributed by atoms with Crippen LogP contribution in [0.25, 0.3) is 0 Å². The van der Waals surface area contributed by atoms with Crippen LogP contribution in [0, 0.1) is 0 Å². The molecule has 0 spiro atoms. The number of carbonyl (C=O) groups excluding carboxylic acids is 2. The quantitative estimate of drug-likeness (QED) is 0.785. The fourth-order valence-electron chi connectivity index (χ4n) is 4.36. The monoisotopic (exact) mass is 373 g/mol. The van der Waals surface area contributed by atoms with Gasteiger partial charge in [0.1, 0.15) is 0 Å². The average Bonchev–Trinajstić information content (AvgIpc) is 3.10. The van der Waals surface area contributed by atoms with E-state index in [-0.39, 0.29) is 23.9 Å². The fourth-order valence-corrected chi connectivity index (χ4v) is 4.36. The van der Waals surface area contributed by atoms with Crippen molar-refractivity contribution in [2.75, 3.05) is 26.7 Å². The third-order valence-corrected chi connectivity index (χ3v) is 5.85. The van der Waals surface area contributed by atoms with Crippen molar-refractivity contribution in [1.29, 1.82) is 0 Å². The first kappa shape index (κ1) is 19.8. The minimum absolute atomic E-state index is 0.0223. The predicted molar refractivity (Wildman–Crippen MR) is 104 cm³/mol. The van der Waals surface area contributed by atoms with Gasteiger partial charge in [-0.05, 0) is 37.7 Å². The molecular formula is C21H31N3O3. The van der Waals surface area contributed by atoms with Crippen LogP contribution in [-0.2, 0) is 16.0 Å². The SMILES string of the molecule is CNC(=O)[C@@H]1C[C@@H](O)CN1C1CCN(C(=O)CCCc2ccccc2)CC1. The summed E-state index contributed by atoms with van der Waals surface area (Å²) in [5, 5.41) is 12.7. The number of carbonyl (C=O) groups is 2. The van der Waals surface area contributed by atoms with E-state index in [1.807, 2.05) is 23.1 Å². The van der Waals surface area contributed by atoms with Crippen molar-refractivity contribution in [3.63, 3.8) is 0 Å². The molecule has 0 saturated carbocycles. The van der Waals surface area contributed by atoms with Gasteiger partial charge in [-0.15, -0.1) is 0 Å². The number of rotatable bonds is 6. The van der Waals surface area contributed by atoms with E-state index < -0.39 is 6.10 Å². The number of nitrogens with zero attached hydrogens (tertiary/aromatic N) is 2. The van der Waals surface area contributed by atoms with Crippen LogP contribution in [0.4, 0.5) is 0 Å². The second-order valence-electron chi connectivity index (χ2n) is 7.67. The van der Waals surface area contributed by atoms with Gasteiger partial charge in [-0.25, -0.2) is 0 Å². The number of likely N-dealkylation sites (tertiary alicyclic amines) is 2. The highest BCUT2D eigenvalue weighted by atomic mass is 16.3. The Bertz CT molecular complexity index is 629. The Labute approximate surface area is 161 Å². The van der Waals surface area contributed by atoms with Crippen molar-refractivity contribution >= 4 is 11.8 Å². The van der Waals surface area contributed by atoms with Crippen molar-refractivity contribution in [2.24, 2.45) is 0 Å². The third-order valence-electron chi connectivity index (χ3n) is 5.85. The molecule has 148 valence electrons. The number of aliphatic hydroxyl groups excluding tert-OH is 1.